The lowest BCUT2D eigenvalue weighted by Crippen LogP contribution is -2.44. The number of anilines is 1. The number of imidazole rings is 1. The molecule has 2 aliphatic rings. The highest BCUT2D eigenvalue weighted by Gasteiger charge is 2.44. The summed E-state index contributed by atoms with van der Waals surface area (Å²) < 4.78 is 7.68. The van der Waals surface area contributed by atoms with Crippen LogP contribution in [-0.4, -0.2) is 91.7 Å². The zero-order valence-corrected chi connectivity index (χ0v) is 23.5. The van der Waals surface area contributed by atoms with Crippen LogP contribution >= 0.6 is 0 Å². The smallest absolute Gasteiger partial charge is 0.319 e. The first-order chi connectivity index (χ1) is 19.1. The van der Waals surface area contributed by atoms with Gasteiger partial charge in [-0.1, -0.05) is 32.9 Å². The van der Waals surface area contributed by atoms with Crippen molar-refractivity contribution in [1.82, 2.24) is 35.1 Å². The standard InChI is InChI=1S/C27H43N9O4/c1-27(2,3)17-6-8-18(9-7-17)34-26(39)30-11-13-35(12-5-4-10-28)14-19-21(37)22(38)25(40-19)36-16-33-20-23(29)31-15-32-24(20)36/h6,8-9,15-17,19,21-22,25,37-38H,4-5,7,10-14,28H2,1-3H3,(H2,29,31,32)(H2,30,34,39)/t17?,19-,21-,22-,25?/m1/s1. The minimum absolute atomic E-state index is 0.176. The van der Waals surface area contributed by atoms with E-state index in [0.717, 1.165) is 25.0 Å². The maximum Gasteiger partial charge on any atom is 0.319 e. The topological polar surface area (TPSA) is 190 Å². The molecule has 0 saturated carbocycles. The number of nitrogen functional groups attached to an aromatic ring is 1. The highest BCUT2D eigenvalue weighted by molar-refractivity contribution is 5.81. The van der Waals surface area contributed by atoms with Gasteiger partial charge in [0.25, 0.3) is 0 Å². The number of carbonyl (C=O) groups excluding carboxylic acids is 1. The van der Waals surface area contributed by atoms with Crippen molar-refractivity contribution in [1.29, 1.82) is 0 Å². The van der Waals surface area contributed by atoms with Crippen LogP contribution in [0.1, 0.15) is 46.3 Å². The van der Waals surface area contributed by atoms with Gasteiger partial charge in [0.05, 0.1) is 6.33 Å². The van der Waals surface area contributed by atoms with Crippen LogP contribution in [-0.2, 0) is 4.74 Å². The van der Waals surface area contributed by atoms with E-state index in [1.165, 1.54) is 12.7 Å². The van der Waals surface area contributed by atoms with Crippen LogP contribution in [0.15, 0.2) is 36.6 Å². The molecule has 2 unspecified atom stereocenters. The number of urea groups is 1. The number of nitrogens with two attached hydrogens (primary N) is 2. The molecule has 0 spiro atoms. The molecule has 2 aromatic rings. The Bertz CT molecular complexity index is 1210. The number of allylic oxidation sites excluding steroid dienone is 3. The van der Waals surface area contributed by atoms with Crippen molar-refractivity contribution in [3.63, 3.8) is 0 Å². The van der Waals surface area contributed by atoms with Crippen molar-refractivity contribution in [3.8, 4) is 0 Å². The average Bonchev–Trinajstić information content (AvgIpc) is 3.46. The molecule has 5 atom stereocenters. The predicted molar refractivity (Wildman–Crippen MR) is 152 cm³/mol. The van der Waals surface area contributed by atoms with E-state index in [9.17, 15) is 15.0 Å². The average molecular weight is 558 g/mol. The van der Waals surface area contributed by atoms with E-state index in [1.807, 2.05) is 6.08 Å². The summed E-state index contributed by atoms with van der Waals surface area (Å²) >= 11 is 0. The maximum atomic E-state index is 12.5. The van der Waals surface area contributed by atoms with Crippen LogP contribution in [0.5, 0.6) is 0 Å². The van der Waals surface area contributed by atoms with E-state index in [4.69, 9.17) is 16.2 Å². The summed E-state index contributed by atoms with van der Waals surface area (Å²) in [5.41, 5.74) is 13.4. The first kappa shape index (κ1) is 29.9. The Hall–Kier alpha value is -3.10. The van der Waals surface area contributed by atoms with Crippen molar-refractivity contribution >= 4 is 23.0 Å². The van der Waals surface area contributed by atoms with Gasteiger partial charge in [0, 0.05) is 25.3 Å². The largest absolute Gasteiger partial charge is 0.387 e. The molecular formula is C27H43N9O4. The summed E-state index contributed by atoms with van der Waals surface area (Å²) in [6.07, 6.45) is 7.67. The molecule has 8 N–H and O–H groups in total. The van der Waals surface area contributed by atoms with Gasteiger partial charge < -0.3 is 37.1 Å². The van der Waals surface area contributed by atoms with Crippen molar-refractivity contribution in [2.75, 3.05) is 38.5 Å². The van der Waals surface area contributed by atoms with Crippen LogP contribution < -0.4 is 22.1 Å². The Balaban J connectivity index is 1.32. The van der Waals surface area contributed by atoms with Gasteiger partial charge in [-0.2, -0.15) is 0 Å². The summed E-state index contributed by atoms with van der Waals surface area (Å²) in [5.74, 6) is 0.661. The van der Waals surface area contributed by atoms with Crippen LogP contribution in [0.2, 0.25) is 0 Å². The summed E-state index contributed by atoms with van der Waals surface area (Å²) in [5, 5.41) is 27.5. The van der Waals surface area contributed by atoms with Crippen molar-refractivity contribution < 1.29 is 19.7 Å². The number of aliphatic hydroxyl groups excluding tert-OH is 2. The fourth-order valence-electron chi connectivity index (χ4n) is 5.05. The molecular weight excluding hydrogens is 514 g/mol. The molecule has 1 aliphatic carbocycles. The molecule has 1 aliphatic heterocycles. The second kappa shape index (κ2) is 13.0. The Morgan fingerprint density at radius 1 is 1.20 bits per heavy atom. The second-order valence-electron chi connectivity index (χ2n) is 11.5. The monoisotopic (exact) mass is 557 g/mol. The zero-order chi connectivity index (χ0) is 28.9. The number of nitrogens with zero attached hydrogens (tertiary/aromatic N) is 5. The van der Waals surface area contributed by atoms with Crippen LogP contribution in [0.25, 0.3) is 11.2 Å². The number of nitrogens with one attached hydrogen (secondary N) is 2. The van der Waals surface area contributed by atoms with Crippen LogP contribution in [0.3, 0.4) is 0 Å². The minimum Gasteiger partial charge on any atom is -0.387 e. The van der Waals surface area contributed by atoms with Gasteiger partial charge in [-0.25, -0.2) is 19.7 Å². The number of carbonyl (C=O) groups is 1. The molecule has 2 amide bonds. The molecule has 3 heterocycles. The van der Waals surface area contributed by atoms with Gasteiger partial charge in [-0.05, 0) is 49.8 Å². The van der Waals surface area contributed by atoms with Gasteiger partial charge in [0.2, 0.25) is 0 Å². The molecule has 4 rings (SSSR count). The number of aliphatic hydroxyl groups is 2. The molecule has 0 aromatic carbocycles. The lowest BCUT2D eigenvalue weighted by molar-refractivity contribution is -0.0440. The van der Waals surface area contributed by atoms with Gasteiger partial charge in [0.1, 0.15) is 30.2 Å². The SMILES string of the molecule is CC(C)(C)C1C=CC(NC(=O)NCCN(CCCCN)C[C@H]2OC(n3cnc4c(N)ncnc43)[C@H](O)[C@@H]2O)=CC1. The lowest BCUT2D eigenvalue weighted by Gasteiger charge is -2.29. The van der Waals surface area contributed by atoms with Gasteiger partial charge in [0.15, 0.2) is 17.7 Å². The summed E-state index contributed by atoms with van der Waals surface area (Å²) in [7, 11) is 0. The molecule has 13 nitrogen and oxygen atoms in total. The van der Waals surface area contributed by atoms with Crippen molar-refractivity contribution in [3.05, 3.63) is 36.6 Å². The molecule has 1 saturated heterocycles. The fourth-order valence-corrected chi connectivity index (χ4v) is 5.05. The van der Waals surface area contributed by atoms with Gasteiger partial charge in [-0.3, -0.25) is 9.47 Å². The third kappa shape index (κ3) is 7.15. The number of unbranched alkanes of at least 4 members (excludes halogenated alkanes) is 1. The van der Waals surface area contributed by atoms with E-state index in [0.29, 0.717) is 49.8 Å². The van der Waals surface area contributed by atoms with E-state index < -0.39 is 24.5 Å². The van der Waals surface area contributed by atoms with E-state index in [1.54, 1.807) is 4.57 Å². The predicted octanol–water partition coefficient (Wildman–Crippen LogP) is 0.874. The van der Waals surface area contributed by atoms with E-state index >= 15 is 0 Å². The molecule has 1 fully saturated rings. The number of fused-ring (bicyclic) bond motifs is 1. The zero-order valence-electron chi connectivity index (χ0n) is 23.5. The molecule has 0 radical (unpaired) electrons. The number of hydrogen-bond donors (Lipinski definition) is 6. The number of rotatable bonds is 11. The number of hydrogen-bond acceptors (Lipinski definition) is 10. The highest BCUT2D eigenvalue weighted by atomic mass is 16.6. The fraction of sp³-hybridized carbons (Fsp3) is 0.630. The van der Waals surface area contributed by atoms with Gasteiger partial charge in [-0.15, -0.1) is 0 Å². The Morgan fingerprint density at radius 3 is 2.70 bits per heavy atom. The molecule has 0 bridgehead atoms. The first-order valence-electron chi connectivity index (χ1n) is 13.9. The molecule has 2 aromatic heterocycles. The quantitative estimate of drug-likeness (QED) is 0.216. The van der Waals surface area contributed by atoms with E-state index in [2.05, 4.69) is 63.4 Å². The molecule has 40 heavy (non-hydrogen) atoms. The lowest BCUT2D eigenvalue weighted by atomic mass is 9.77. The third-order valence-corrected chi connectivity index (χ3v) is 7.55. The normalized spacial score (nSPS) is 25.0. The Labute approximate surface area is 234 Å². The number of ether oxygens (including phenoxy) is 1. The molecule has 220 valence electrons. The summed E-state index contributed by atoms with van der Waals surface area (Å²) in [4.78, 5) is 27.0. The second-order valence-corrected chi connectivity index (χ2v) is 11.5. The highest BCUT2D eigenvalue weighted by Crippen LogP contribution is 2.33. The molecule has 13 heteroatoms. The minimum atomic E-state index is -1.19. The number of aromatic nitrogens is 4. The first-order valence-corrected chi connectivity index (χ1v) is 13.9. The summed E-state index contributed by atoms with van der Waals surface area (Å²) in [6.45, 7) is 9.19. The van der Waals surface area contributed by atoms with E-state index in [-0.39, 0.29) is 17.3 Å². The van der Waals surface area contributed by atoms with Gasteiger partial charge >= 0.3 is 6.03 Å². The Kier molecular flexibility index (Phi) is 9.74. The summed E-state index contributed by atoms with van der Waals surface area (Å²) in [6, 6.07) is -0.270. The van der Waals surface area contributed by atoms with Crippen LogP contribution in [0, 0.1) is 11.3 Å². The van der Waals surface area contributed by atoms with Crippen molar-refractivity contribution in [2.24, 2.45) is 17.1 Å². The van der Waals surface area contributed by atoms with Crippen molar-refractivity contribution in [2.45, 2.75) is 64.6 Å². The third-order valence-electron chi connectivity index (χ3n) is 7.55. The number of amides is 2. The van der Waals surface area contributed by atoms with Crippen LogP contribution in [0.4, 0.5) is 10.6 Å². The maximum absolute atomic E-state index is 12.5. The Morgan fingerprint density at radius 2 is 2.00 bits per heavy atom.